The summed E-state index contributed by atoms with van der Waals surface area (Å²) in [7, 11) is 0. The minimum atomic E-state index is -1.09. The smallest absolute Gasteiger partial charge is 0.270 e. The largest absolute Gasteiger partial charge is 0.507 e. The molecule has 1 aliphatic heterocycles. The minimum Gasteiger partial charge on any atom is -0.507 e. The van der Waals surface area contributed by atoms with Crippen molar-refractivity contribution in [3.8, 4) is 23.4 Å². The van der Waals surface area contributed by atoms with Crippen molar-refractivity contribution in [3.63, 3.8) is 0 Å². The number of pyridine rings is 2. The summed E-state index contributed by atoms with van der Waals surface area (Å²) in [5.41, 5.74) is 11.5. The number of aryl methyl sites for hydroxylation is 1. The molecular weight excluding hydrogens is 392 g/mol. The highest BCUT2D eigenvalue weighted by Gasteiger charge is 2.37. The Bertz CT molecular complexity index is 1340. The van der Waals surface area contributed by atoms with Crippen molar-refractivity contribution < 1.29 is 14.8 Å². The molecule has 0 bridgehead atoms. The van der Waals surface area contributed by atoms with Crippen LogP contribution in [0.4, 0.5) is 17.2 Å². The highest BCUT2D eigenvalue weighted by molar-refractivity contribution is 5.76. The Morgan fingerprint density at radius 3 is 2.70 bits per heavy atom. The van der Waals surface area contributed by atoms with E-state index in [1.54, 1.807) is 6.92 Å². The molecule has 11 nitrogen and oxygen atoms in total. The average molecular weight is 406 g/mol. The maximum Gasteiger partial charge on any atom is 0.270 e. The first-order valence-electron chi connectivity index (χ1n) is 8.60. The van der Waals surface area contributed by atoms with Gasteiger partial charge >= 0.3 is 0 Å². The molecule has 1 unspecified atom stereocenters. The van der Waals surface area contributed by atoms with Gasteiger partial charge in [-0.25, -0.2) is 0 Å². The maximum atomic E-state index is 12.8. The molecule has 11 heteroatoms. The van der Waals surface area contributed by atoms with Gasteiger partial charge in [-0.05, 0) is 19.1 Å². The number of anilines is 2. The van der Waals surface area contributed by atoms with E-state index in [-0.39, 0.29) is 56.8 Å². The zero-order valence-corrected chi connectivity index (χ0v) is 15.5. The molecule has 6 N–H and O–H groups in total. The Labute approximate surface area is 168 Å². The number of non-ortho nitro benzene ring substituents is 1. The van der Waals surface area contributed by atoms with Crippen LogP contribution in [0.1, 0.15) is 33.9 Å². The predicted molar refractivity (Wildman–Crippen MR) is 105 cm³/mol. The van der Waals surface area contributed by atoms with E-state index >= 15 is 0 Å². The fourth-order valence-corrected chi connectivity index (χ4v) is 3.58. The number of nitriles is 1. The molecule has 0 spiro atoms. The van der Waals surface area contributed by atoms with E-state index < -0.39 is 16.4 Å². The molecular formula is C19H14N6O5. The molecule has 4 rings (SSSR count). The number of benzene rings is 1. The summed E-state index contributed by atoms with van der Waals surface area (Å²) in [6, 6.07) is 7.01. The summed E-state index contributed by atoms with van der Waals surface area (Å²) in [6.45, 7) is 1.59. The average Bonchev–Trinajstić information content (AvgIpc) is 2.66. The molecule has 0 amide bonds. The van der Waals surface area contributed by atoms with Crippen LogP contribution in [-0.4, -0.2) is 20.0 Å². The molecule has 0 saturated carbocycles. The summed E-state index contributed by atoms with van der Waals surface area (Å²) in [6.07, 6.45) is 0. The Morgan fingerprint density at radius 2 is 2.07 bits per heavy atom. The van der Waals surface area contributed by atoms with Crippen LogP contribution in [0.15, 0.2) is 29.1 Å². The number of H-pyrrole nitrogens is 1. The number of nitrogens with zero attached hydrogens (tertiary/aromatic N) is 3. The van der Waals surface area contributed by atoms with Crippen molar-refractivity contribution in [3.05, 3.63) is 72.7 Å². The Balaban J connectivity index is 2.13. The van der Waals surface area contributed by atoms with Crippen molar-refractivity contribution in [2.75, 3.05) is 11.5 Å². The second-order valence-corrected chi connectivity index (χ2v) is 6.71. The molecule has 30 heavy (non-hydrogen) atoms. The van der Waals surface area contributed by atoms with Gasteiger partial charge in [-0.1, -0.05) is 0 Å². The lowest BCUT2D eigenvalue weighted by Crippen LogP contribution is -2.24. The van der Waals surface area contributed by atoms with E-state index in [1.807, 2.05) is 6.07 Å². The van der Waals surface area contributed by atoms with Gasteiger partial charge in [0.25, 0.3) is 11.2 Å². The number of aromatic amines is 1. The first-order chi connectivity index (χ1) is 14.2. The Hall–Kier alpha value is -4.59. The van der Waals surface area contributed by atoms with Gasteiger partial charge in [0.2, 0.25) is 5.88 Å². The normalized spacial score (nSPS) is 14.2. The zero-order chi connectivity index (χ0) is 21.7. The van der Waals surface area contributed by atoms with Gasteiger partial charge in [0.15, 0.2) is 0 Å². The van der Waals surface area contributed by atoms with Crippen LogP contribution < -0.4 is 21.8 Å². The fourth-order valence-electron chi connectivity index (χ4n) is 3.58. The molecule has 3 aromatic rings. The van der Waals surface area contributed by atoms with Crippen LogP contribution in [0.5, 0.6) is 17.4 Å². The van der Waals surface area contributed by atoms with Gasteiger partial charge in [-0.15, -0.1) is 0 Å². The maximum absolute atomic E-state index is 12.8. The molecule has 0 fully saturated rings. The van der Waals surface area contributed by atoms with Crippen LogP contribution in [0, 0.1) is 28.4 Å². The number of nitrogens with one attached hydrogen (secondary N) is 1. The number of ether oxygens (including phenoxy) is 1. The highest BCUT2D eigenvalue weighted by Crippen LogP contribution is 2.51. The van der Waals surface area contributed by atoms with Crippen molar-refractivity contribution in [2.45, 2.75) is 12.8 Å². The van der Waals surface area contributed by atoms with Crippen molar-refractivity contribution in [2.24, 2.45) is 0 Å². The number of fused-ring (bicyclic) bond motifs is 2. The van der Waals surface area contributed by atoms with Gasteiger partial charge in [-0.2, -0.15) is 10.2 Å². The van der Waals surface area contributed by atoms with Gasteiger partial charge < -0.3 is 26.3 Å². The summed E-state index contributed by atoms with van der Waals surface area (Å²) >= 11 is 0. The molecule has 2 aromatic heterocycles. The van der Waals surface area contributed by atoms with E-state index in [1.165, 1.54) is 24.3 Å². The lowest BCUT2D eigenvalue weighted by Gasteiger charge is -2.29. The molecule has 0 saturated heterocycles. The third-order valence-electron chi connectivity index (χ3n) is 4.86. The zero-order valence-electron chi connectivity index (χ0n) is 15.5. The van der Waals surface area contributed by atoms with Crippen LogP contribution >= 0.6 is 0 Å². The second kappa shape index (κ2) is 6.49. The first kappa shape index (κ1) is 18.8. The van der Waals surface area contributed by atoms with E-state index in [0.717, 1.165) is 0 Å². The Kier molecular flexibility index (Phi) is 4.06. The summed E-state index contributed by atoms with van der Waals surface area (Å²) in [5, 5.41) is 31.3. The topological polar surface area (TPSA) is 194 Å². The number of hydrogen-bond donors (Lipinski definition) is 4. The number of nitrogen functional groups attached to an aromatic ring is 2. The van der Waals surface area contributed by atoms with E-state index in [2.05, 4.69) is 9.97 Å². The summed E-state index contributed by atoms with van der Waals surface area (Å²) in [4.78, 5) is 30.2. The van der Waals surface area contributed by atoms with Gasteiger partial charge in [0.05, 0.1) is 27.7 Å². The van der Waals surface area contributed by atoms with E-state index in [0.29, 0.717) is 5.69 Å². The van der Waals surface area contributed by atoms with Crippen LogP contribution in [0.25, 0.3) is 0 Å². The number of rotatable bonds is 2. The van der Waals surface area contributed by atoms with Crippen LogP contribution in [0.3, 0.4) is 0 Å². The highest BCUT2D eigenvalue weighted by atomic mass is 16.6. The fraction of sp³-hybridized carbons (Fsp3) is 0.105. The number of aromatic nitrogens is 2. The van der Waals surface area contributed by atoms with Crippen molar-refractivity contribution in [1.29, 1.82) is 5.26 Å². The molecule has 1 atom stereocenters. The quantitative estimate of drug-likeness (QED) is 0.284. The third-order valence-corrected chi connectivity index (χ3v) is 4.86. The lowest BCUT2D eigenvalue weighted by atomic mass is 9.82. The van der Waals surface area contributed by atoms with E-state index in [9.17, 15) is 25.3 Å². The summed E-state index contributed by atoms with van der Waals surface area (Å²) in [5.74, 6) is -1.49. The SMILES string of the molecule is Cc1cc(O)c(C2c3cc([N+](=O)[O-])ccc3Oc3nc(N)c(C#N)c(N)c32)c(=O)[nH]1. The standard InChI is InChI=1S/C19H14N6O5/c1-7-4-11(26)14(18(27)23-7)13-9-5-8(25(28)29)2-3-12(9)30-19-15(13)16(21)10(6-20)17(22)24-19/h2-5,13H,1H3,(H4,21,22,24)(H2,23,26,27). The Morgan fingerprint density at radius 1 is 1.33 bits per heavy atom. The molecule has 0 radical (unpaired) electrons. The van der Waals surface area contributed by atoms with Crippen molar-refractivity contribution in [1.82, 2.24) is 9.97 Å². The molecule has 1 aliphatic rings. The minimum absolute atomic E-state index is 0.0604. The number of aromatic hydroxyl groups is 1. The number of nitro benzene ring substituents is 1. The monoisotopic (exact) mass is 406 g/mol. The molecule has 3 heterocycles. The van der Waals surface area contributed by atoms with E-state index in [4.69, 9.17) is 16.2 Å². The summed E-state index contributed by atoms with van der Waals surface area (Å²) < 4.78 is 5.73. The van der Waals surface area contributed by atoms with Crippen molar-refractivity contribution >= 4 is 17.2 Å². The van der Waals surface area contributed by atoms with Crippen LogP contribution in [0.2, 0.25) is 0 Å². The first-order valence-corrected chi connectivity index (χ1v) is 8.60. The number of nitro groups is 1. The van der Waals surface area contributed by atoms with Gasteiger partial charge in [0.1, 0.15) is 28.9 Å². The molecule has 0 aliphatic carbocycles. The second-order valence-electron chi connectivity index (χ2n) is 6.71. The molecule has 1 aromatic carbocycles. The third kappa shape index (κ3) is 2.67. The van der Waals surface area contributed by atoms with Crippen LogP contribution in [-0.2, 0) is 0 Å². The number of nitrogens with two attached hydrogens (primary N) is 2. The predicted octanol–water partition coefficient (Wildman–Crippen LogP) is 2.01. The number of hydrogen-bond acceptors (Lipinski definition) is 9. The molecule has 150 valence electrons. The van der Waals surface area contributed by atoms with Gasteiger partial charge in [-0.3, -0.25) is 14.9 Å². The lowest BCUT2D eigenvalue weighted by molar-refractivity contribution is -0.384. The van der Waals surface area contributed by atoms with Gasteiger partial charge in [0, 0.05) is 23.4 Å².